The van der Waals surface area contributed by atoms with Crippen LogP contribution in [0.15, 0.2) is 6.33 Å². The maximum absolute atomic E-state index is 12.0. The molecule has 26 heavy (non-hydrogen) atoms. The van der Waals surface area contributed by atoms with Crippen LogP contribution >= 0.6 is 0 Å². The molecule has 9 heteroatoms. The number of nitrogens with one attached hydrogen (secondary N) is 2. The highest BCUT2D eigenvalue weighted by Crippen LogP contribution is 2.25. The summed E-state index contributed by atoms with van der Waals surface area (Å²) in [6.45, 7) is 3.42. The quantitative estimate of drug-likeness (QED) is 0.603. The van der Waals surface area contributed by atoms with Crippen molar-refractivity contribution < 1.29 is 14.6 Å². The second-order valence-electron chi connectivity index (χ2n) is 6.07. The summed E-state index contributed by atoms with van der Waals surface area (Å²) in [5.41, 5.74) is 1.02. The first kappa shape index (κ1) is 19.6. The summed E-state index contributed by atoms with van der Waals surface area (Å²) < 4.78 is 6.92. The molecule has 2 aromatic heterocycles. The molecule has 0 spiro atoms. The summed E-state index contributed by atoms with van der Waals surface area (Å²) in [6.07, 6.45) is 7.24. The number of methoxy groups -OCH3 is 1. The highest BCUT2D eigenvalue weighted by Gasteiger charge is 2.21. The number of ether oxygens (including phenoxy) is 1. The number of fused-ring (bicyclic) bond motifs is 1. The number of aliphatic hydroxyl groups is 1. The topological polar surface area (TPSA) is 114 Å². The predicted molar refractivity (Wildman–Crippen MR) is 98.7 cm³/mol. The van der Waals surface area contributed by atoms with Gasteiger partial charge in [0.25, 0.3) is 0 Å². The Morgan fingerprint density at radius 2 is 2.19 bits per heavy atom. The minimum Gasteiger partial charge on any atom is -0.394 e. The molecule has 0 fully saturated rings. The van der Waals surface area contributed by atoms with Crippen LogP contribution in [-0.2, 0) is 9.53 Å². The van der Waals surface area contributed by atoms with E-state index in [4.69, 9.17) is 11.2 Å². The average Bonchev–Trinajstić information content (AvgIpc) is 3.06. The Bertz CT molecular complexity index is 807. The number of hydrogen-bond donors (Lipinski definition) is 3. The molecule has 0 aliphatic heterocycles. The van der Waals surface area contributed by atoms with Crippen molar-refractivity contribution >= 4 is 28.8 Å². The summed E-state index contributed by atoms with van der Waals surface area (Å²) >= 11 is 0. The van der Waals surface area contributed by atoms with Crippen molar-refractivity contribution in [1.82, 2.24) is 19.5 Å². The van der Waals surface area contributed by atoms with Crippen molar-refractivity contribution in [3.63, 3.8) is 0 Å². The Balaban J connectivity index is 2.47. The van der Waals surface area contributed by atoms with Crippen molar-refractivity contribution in [1.29, 1.82) is 0 Å². The molecule has 0 aromatic carbocycles. The molecule has 1 unspecified atom stereocenters. The highest BCUT2D eigenvalue weighted by molar-refractivity contribution is 5.92. The Kier molecular flexibility index (Phi) is 6.49. The summed E-state index contributed by atoms with van der Waals surface area (Å²) in [5, 5.41) is 15.0. The van der Waals surface area contributed by atoms with E-state index in [-0.39, 0.29) is 24.4 Å². The minimum absolute atomic E-state index is 0.145. The first-order valence-corrected chi connectivity index (χ1v) is 8.28. The lowest BCUT2D eigenvalue weighted by Crippen LogP contribution is -2.22. The van der Waals surface area contributed by atoms with Gasteiger partial charge in [-0.15, -0.1) is 6.42 Å². The number of carbonyl (C=O) groups excluding carboxylic acids is 1. The molecular weight excluding hydrogens is 336 g/mol. The average molecular weight is 360 g/mol. The number of rotatable bonds is 8. The second-order valence-corrected chi connectivity index (χ2v) is 6.07. The minimum atomic E-state index is -0.426. The molecule has 9 nitrogen and oxygen atoms in total. The lowest BCUT2D eigenvalue weighted by molar-refractivity contribution is -0.118. The van der Waals surface area contributed by atoms with E-state index in [2.05, 4.69) is 31.5 Å². The lowest BCUT2D eigenvalue weighted by atomic mass is 10.1. The molecule has 1 amide bonds. The molecule has 0 radical (unpaired) electrons. The van der Waals surface area contributed by atoms with Gasteiger partial charge in [0.1, 0.15) is 0 Å². The van der Waals surface area contributed by atoms with Crippen LogP contribution in [-0.4, -0.2) is 57.4 Å². The molecule has 2 heterocycles. The highest BCUT2D eigenvalue weighted by atomic mass is 16.5. The Morgan fingerprint density at radius 1 is 1.46 bits per heavy atom. The van der Waals surface area contributed by atoms with Gasteiger partial charge in [0, 0.05) is 26.5 Å². The van der Waals surface area contributed by atoms with E-state index in [1.807, 2.05) is 0 Å². The summed E-state index contributed by atoms with van der Waals surface area (Å²) in [4.78, 5) is 25.0. The number of terminal acetylenes is 1. The maximum Gasteiger partial charge on any atom is 0.233 e. The second kappa shape index (κ2) is 8.60. The molecule has 2 aromatic rings. The van der Waals surface area contributed by atoms with Crippen LogP contribution in [0.5, 0.6) is 0 Å². The van der Waals surface area contributed by atoms with Crippen LogP contribution in [0, 0.1) is 18.3 Å². The van der Waals surface area contributed by atoms with Crippen LogP contribution in [0.25, 0.3) is 11.2 Å². The molecule has 2 atom stereocenters. The van der Waals surface area contributed by atoms with E-state index in [9.17, 15) is 9.90 Å². The first-order valence-electron chi connectivity index (χ1n) is 8.28. The zero-order valence-corrected chi connectivity index (χ0v) is 15.4. The van der Waals surface area contributed by atoms with Gasteiger partial charge in [-0.05, 0) is 0 Å². The largest absolute Gasteiger partial charge is 0.394 e. The molecule has 0 aliphatic rings. The number of aliphatic hydroxyl groups excluding tert-OH is 1. The van der Waals surface area contributed by atoms with E-state index in [0.29, 0.717) is 23.4 Å². The SMILES string of the molecule is C#C[C@@H](CC(CO)OC)n1cnc2c(NC)nc(NC(=O)C(C)C)nc21. The normalized spacial score (nSPS) is 13.4. The molecular formula is C17H24N6O3. The smallest absolute Gasteiger partial charge is 0.233 e. The molecule has 3 N–H and O–H groups in total. The van der Waals surface area contributed by atoms with E-state index in [1.54, 1.807) is 31.8 Å². The van der Waals surface area contributed by atoms with E-state index in [0.717, 1.165) is 0 Å². The fraction of sp³-hybridized carbons (Fsp3) is 0.529. The Morgan fingerprint density at radius 3 is 2.73 bits per heavy atom. The first-order chi connectivity index (χ1) is 12.4. The van der Waals surface area contributed by atoms with Crippen molar-refractivity contribution in [2.75, 3.05) is 31.4 Å². The fourth-order valence-corrected chi connectivity index (χ4v) is 2.39. The number of carbonyl (C=O) groups is 1. The van der Waals surface area contributed by atoms with Crippen molar-refractivity contribution in [3.8, 4) is 12.3 Å². The molecule has 0 aliphatic carbocycles. The van der Waals surface area contributed by atoms with Crippen LogP contribution in [0.2, 0.25) is 0 Å². The molecule has 2 rings (SSSR count). The monoisotopic (exact) mass is 360 g/mol. The van der Waals surface area contributed by atoms with Gasteiger partial charge in [-0.2, -0.15) is 9.97 Å². The van der Waals surface area contributed by atoms with Gasteiger partial charge < -0.3 is 19.7 Å². The number of aromatic nitrogens is 4. The van der Waals surface area contributed by atoms with Crippen LogP contribution in [0.1, 0.15) is 26.3 Å². The summed E-state index contributed by atoms with van der Waals surface area (Å²) in [6, 6.07) is -0.426. The third-order valence-electron chi connectivity index (χ3n) is 3.97. The van der Waals surface area contributed by atoms with Crippen LogP contribution in [0.4, 0.5) is 11.8 Å². The van der Waals surface area contributed by atoms with Gasteiger partial charge >= 0.3 is 0 Å². The van der Waals surface area contributed by atoms with Gasteiger partial charge in [-0.25, -0.2) is 4.98 Å². The molecule has 140 valence electrons. The summed E-state index contributed by atoms with van der Waals surface area (Å²) in [5.74, 6) is 2.93. The van der Waals surface area contributed by atoms with Gasteiger partial charge in [0.2, 0.25) is 11.9 Å². The van der Waals surface area contributed by atoms with Crippen LogP contribution in [0.3, 0.4) is 0 Å². The van der Waals surface area contributed by atoms with E-state index < -0.39 is 12.1 Å². The van der Waals surface area contributed by atoms with Crippen molar-refractivity contribution in [2.45, 2.75) is 32.4 Å². The third kappa shape index (κ3) is 4.09. The Hall–Kier alpha value is -2.70. The summed E-state index contributed by atoms with van der Waals surface area (Å²) in [7, 11) is 3.22. The zero-order chi connectivity index (χ0) is 19.3. The molecule has 0 saturated carbocycles. The number of anilines is 2. The van der Waals surface area contributed by atoms with Crippen LogP contribution < -0.4 is 10.6 Å². The number of imidazole rings is 1. The van der Waals surface area contributed by atoms with Gasteiger partial charge in [-0.3, -0.25) is 10.1 Å². The van der Waals surface area contributed by atoms with Crippen molar-refractivity contribution in [3.05, 3.63) is 6.33 Å². The number of nitrogens with zero attached hydrogens (tertiary/aromatic N) is 4. The molecule has 0 saturated heterocycles. The predicted octanol–water partition coefficient (Wildman–Crippen LogP) is 1.03. The van der Waals surface area contributed by atoms with E-state index in [1.165, 1.54) is 7.11 Å². The van der Waals surface area contributed by atoms with Gasteiger partial charge in [0.05, 0.1) is 25.1 Å². The molecule has 0 bridgehead atoms. The Labute approximate surface area is 152 Å². The lowest BCUT2D eigenvalue weighted by Gasteiger charge is -2.19. The number of amides is 1. The fourth-order valence-electron chi connectivity index (χ4n) is 2.39. The standard InChI is InChI=1S/C17H24N6O3/c1-6-11(7-12(8-24)26-5)23-9-19-13-14(18-4)20-17(21-15(13)23)22-16(25)10(2)3/h1,9-12,24H,7-8H2,2-5H3,(H2,18,20,21,22,25)/t11-,12?/m0/s1. The van der Waals surface area contributed by atoms with E-state index >= 15 is 0 Å². The van der Waals surface area contributed by atoms with Gasteiger partial charge in [0.15, 0.2) is 17.0 Å². The number of hydrogen-bond acceptors (Lipinski definition) is 7. The maximum atomic E-state index is 12.0. The third-order valence-corrected chi connectivity index (χ3v) is 3.97. The van der Waals surface area contributed by atoms with Gasteiger partial charge in [-0.1, -0.05) is 19.8 Å². The van der Waals surface area contributed by atoms with Crippen molar-refractivity contribution in [2.24, 2.45) is 5.92 Å². The zero-order valence-electron chi connectivity index (χ0n) is 15.4.